The molecule has 1 amide bonds. The van der Waals surface area contributed by atoms with Crippen molar-refractivity contribution in [1.29, 1.82) is 0 Å². The van der Waals surface area contributed by atoms with Gasteiger partial charge >= 0.3 is 0 Å². The lowest BCUT2D eigenvalue weighted by Gasteiger charge is -2.37. The normalized spacial score (nSPS) is 15.8. The first-order valence-corrected chi connectivity index (χ1v) is 13.7. The van der Waals surface area contributed by atoms with Gasteiger partial charge in [0.1, 0.15) is 0 Å². The maximum Gasteiger partial charge on any atom is 0.226 e. The molecule has 0 aromatic heterocycles. The standard InChI is InChI=1S/C30H35ClN2OS/c1-20(2)30(34)32-26-10-5-21(3)29(19-26)24-15-17-33(18-16-24)22(4)23-6-11-27(12-7-23)35-28-13-8-25(31)9-14-28/h5-14,19-20,22,24H,15-18H2,1-4H3,(H,32,34). The highest BCUT2D eigenvalue weighted by molar-refractivity contribution is 7.99. The molecule has 1 N–H and O–H groups in total. The summed E-state index contributed by atoms with van der Waals surface area (Å²) in [5, 5.41) is 3.83. The lowest BCUT2D eigenvalue weighted by atomic mass is 9.86. The van der Waals surface area contributed by atoms with Crippen molar-refractivity contribution in [3.63, 3.8) is 0 Å². The van der Waals surface area contributed by atoms with E-state index < -0.39 is 0 Å². The number of piperidine rings is 1. The summed E-state index contributed by atoms with van der Waals surface area (Å²) in [6.07, 6.45) is 2.27. The Kier molecular flexibility index (Phi) is 8.59. The van der Waals surface area contributed by atoms with Crippen LogP contribution in [0.3, 0.4) is 0 Å². The number of benzene rings is 3. The zero-order valence-electron chi connectivity index (χ0n) is 21.1. The van der Waals surface area contributed by atoms with Gasteiger partial charge in [-0.3, -0.25) is 9.69 Å². The van der Waals surface area contributed by atoms with Crippen LogP contribution in [0.25, 0.3) is 0 Å². The molecular formula is C30H35ClN2OS. The third kappa shape index (κ3) is 6.69. The van der Waals surface area contributed by atoms with E-state index in [1.807, 2.05) is 32.0 Å². The molecule has 5 heteroatoms. The largest absolute Gasteiger partial charge is 0.326 e. The summed E-state index contributed by atoms with van der Waals surface area (Å²) < 4.78 is 0. The summed E-state index contributed by atoms with van der Waals surface area (Å²) in [5.74, 6) is 0.586. The van der Waals surface area contributed by atoms with Crippen LogP contribution in [0, 0.1) is 12.8 Å². The van der Waals surface area contributed by atoms with Gasteiger partial charge in [0.15, 0.2) is 0 Å². The van der Waals surface area contributed by atoms with Gasteiger partial charge in [-0.1, -0.05) is 55.4 Å². The average Bonchev–Trinajstić information content (AvgIpc) is 2.86. The molecule has 35 heavy (non-hydrogen) atoms. The Labute approximate surface area is 219 Å². The van der Waals surface area contributed by atoms with Gasteiger partial charge in [-0.25, -0.2) is 0 Å². The van der Waals surface area contributed by atoms with Crippen molar-refractivity contribution < 1.29 is 4.79 Å². The summed E-state index contributed by atoms with van der Waals surface area (Å²) in [5.41, 5.74) is 4.96. The minimum Gasteiger partial charge on any atom is -0.326 e. The predicted octanol–water partition coefficient (Wildman–Crippen LogP) is 8.33. The van der Waals surface area contributed by atoms with Crippen molar-refractivity contribution in [3.8, 4) is 0 Å². The Morgan fingerprint density at radius 2 is 1.54 bits per heavy atom. The number of nitrogens with one attached hydrogen (secondary N) is 1. The molecule has 4 rings (SSSR count). The van der Waals surface area contributed by atoms with E-state index >= 15 is 0 Å². The summed E-state index contributed by atoms with van der Waals surface area (Å²) in [7, 11) is 0. The van der Waals surface area contributed by atoms with Crippen LogP contribution in [0.5, 0.6) is 0 Å². The Bertz CT molecular complexity index is 1140. The van der Waals surface area contributed by atoms with E-state index in [1.165, 1.54) is 26.5 Å². The molecule has 1 fully saturated rings. The van der Waals surface area contributed by atoms with Gasteiger partial charge in [-0.2, -0.15) is 0 Å². The van der Waals surface area contributed by atoms with Gasteiger partial charge in [0, 0.05) is 32.5 Å². The monoisotopic (exact) mass is 506 g/mol. The highest BCUT2D eigenvalue weighted by Crippen LogP contribution is 2.36. The fourth-order valence-electron chi connectivity index (χ4n) is 4.71. The van der Waals surface area contributed by atoms with Crippen LogP contribution >= 0.6 is 23.4 Å². The Balaban J connectivity index is 1.35. The second-order valence-corrected chi connectivity index (χ2v) is 11.4. The van der Waals surface area contributed by atoms with Crippen LogP contribution in [0.2, 0.25) is 5.02 Å². The first-order valence-electron chi connectivity index (χ1n) is 12.5. The molecule has 3 aromatic carbocycles. The number of nitrogens with zero attached hydrogens (tertiary/aromatic N) is 1. The molecule has 0 bridgehead atoms. The van der Waals surface area contributed by atoms with Gasteiger partial charge < -0.3 is 5.32 Å². The van der Waals surface area contributed by atoms with Crippen LogP contribution in [-0.4, -0.2) is 23.9 Å². The minimum atomic E-state index is -0.0189. The van der Waals surface area contributed by atoms with Crippen LogP contribution in [0.15, 0.2) is 76.5 Å². The van der Waals surface area contributed by atoms with Crippen molar-refractivity contribution in [1.82, 2.24) is 4.90 Å². The molecule has 184 valence electrons. The number of aryl methyl sites for hydroxylation is 1. The van der Waals surface area contributed by atoms with Crippen LogP contribution in [0.4, 0.5) is 5.69 Å². The minimum absolute atomic E-state index is 0.0189. The van der Waals surface area contributed by atoms with E-state index in [0.717, 1.165) is 36.6 Å². The number of hydrogen-bond donors (Lipinski definition) is 1. The molecule has 1 unspecified atom stereocenters. The number of rotatable bonds is 7. The van der Waals surface area contributed by atoms with E-state index in [9.17, 15) is 4.79 Å². The van der Waals surface area contributed by atoms with Crippen molar-refractivity contribution in [2.45, 2.75) is 62.3 Å². The second kappa shape index (κ2) is 11.6. The molecule has 3 nitrogen and oxygen atoms in total. The van der Waals surface area contributed by atoms with Gasteiger partial charge in [0.05, 0.1) is 0 Å². The maximum absolute atomic E-state index is 12.1. The number of amides is 1. The molecule has 1 heterocycles. The number of carbonyl (C=O) groups is 1. The van der Waals surface area contributed by atoms with Crippen molar-refractivity contribution in [2.75, 3.05) is 18.4 Å². The van der Waals surface area contributed by atoms with Crippen molar-refractivity contribution in [3.05, 3.63) is 88.4 Å². The van der Waals surface area contributed by atoms with Crippen molar-refractivity contribution >= 4 is 35.0 Å². The number of anilines is 1. The molecule has 1 aliphatic rings. The number of hydrogen-bond acceptors (Lipinski definition) is 3. The molecule has 0 aliphatic carbocycles. The lowest BCUT2D eigenvalue weighted by Crippen LogP contribution is -2.35. The third-order valence-corrected chi connectivity index (χ3v) is 8.27. The smallest absolute Gasteiger partial charge is 0.226 e. The van der Waals surface area contributed by atoms with E-state index in [0.29, 0.717) is 12.0 Å². The van der Waals surface area contributed by atoms with Crippen LogP contribution in [-0.2, 0) is 4.79 Å². The van der Waals surface area contributed by atoms with E-state index in [4.69, 9.17) is 11.6 Å². The van der Waals surface area contributed by atoms with Gasteiger partial charge in [0.25, 0.3) is 0 Å². The summed E-state index contributed by atoms with van der Waals surface area (Å²) in [6, 6.07) is 23.7. The van der Waals surface area contributed by atoms with Gasteiger partial charge in [-0.05, 0) is 111 Å². The summed E-state index contributed by atoms with van der Waals surface area (Å²) in [6.45, 7) is 10.5. The second-order valence-electron chi connectivity index (χ2n) is 9.83. The highest BCUT2D eigenvalue weighted by atomic mass is 35.5. The molecular weight excluding hydrogens is 472 g/mol. The lowest BCUT2D eigenvalue weighted by molar-refractivity contribution is -0.118. The van der Waals surface area contributed by atoms with Crippen LogP contribution in [0.1, 0.15) is 62.3 Å². The number of carbonyl (C=O) groups excluding carboxylic acids is 1. The maximum atomic E-state index is 12.1. The average molecular weight is 507 g/mol. The molecule has 0 radical (unpaired) electrons. The zero-order chi connectivity index (χ0) is 24.9. The fourth-order valence-corrected chi connectivity index (χ4v) is 5.65. The fraction of sp³-hybridized carbons (Fsp3) is 0.367. The molecule has 0 spiro atoms. The molecule has 1 atom stereocenters. The Morgan fingerprint density at radius 3 is 2.14 bits per heavy atom. The summed E-state index contributed by atoms with van der Waals surface area (Å²) >= 11 is 7.76. The Morgan fingerprint density at radius 1 is 0.943 bits per heavy atom. The Hall–Kier alpha value is -2.27. The molecule has 1 aliphatic heterocycles. The number of halogens is 1. The topological polar surface area (TPSA) is 32.3 Å². The van der Waals surface area contributed by atoms with Gasteiger partial charge in [-0.15, -0.1) is 0 Å². The number of likely N-dealkylation sites (tertiary alicyclic amines) is 1. The molecule has 1 saturated heterocycles. The first kappa shape index (κ1) is 25.8. The first-order chi connectivity index (χ1) is 16.8. The predicted molar refractivity (Wildman–Crippen MR) is 149 cm³/mol. The SMILES string of the molecule is Cc1ccc(NC(=O)C(C)C)cc1C1CCN(C(C)c2ccc(Sc3ccc(Cl)cc3)cc2)CC1. The zero-order valence-corrected chi connectivity index (χ0v) is 22.6. The van der Waals surface area contributed by atoms with Crippen LogP contribution < -0.4 is 5.32 Å². The third-order valence-electron chi connectivity index (χ3n) is 7.00. The highest BCUT2D eigenvalue weighted by Gasteiger charge is 2.25. The van der Waals surface area contributed by atoms with E-state index in [1.54, 1.807) is 11.8 Å². The quantitative estimate of drug-likeness (QED) is 0.349. The van der Waals surface area contributed by atoms with Gasteiger partial charge in [0.2, 0.25) is 5.91 Å². The van der Waals surface area contributed by atoms with E-state index in [2.05, 4.69) is 72.6 Å². The summed E-state index contributed by atoms with van der Waals surface area (Å²) in [4.78, 5) is 17.2. The van der Waals surface area contributed by atoms with Crippen molar-refractivity contribution in [2.24, 2.45) is 5.92 Å². The van der Waals surface area contributed by atoms with E-state index in [-0.39, 0.29) is 11.8 Å². The molecule has 0 saturated carbocycles. The molecule has 3 aromatic rings.